The second kappa shape index (κ2) is 5.56. The van der Waals surface area contributed by atoms with Crippen LogP contribution in [0.3, 0.4) is 0 Å². The van der Waals surface area contributed by atoms with Crippen molar-refractivity contribution >= 4 is 10.1 Å². The number of aryl methyl sites for hydroxylation is 1. The molecule has 2 rings (SSSR count). The fourth-order valence-electron chi connectivity index (χ4n) is 1.76. The van der Waals surface area contributed by atoms with Gasteiger partial charge in [0.25, 0.3) is 10.1 Å². The molecule has 0 amide bonds. The lowest BCUT2D eigenvalue weighted by atomic mass is 10.1. The van der Waals surface area contributed by atoms with E-state index in [-0.39, 0.29) is 17.9 Å². The van der Waals surface area contributed by atoms with Crippen molar-refractivity contribution in [3.63, 3.8) is 0 Å². The molecule has 0 aromatic heterocycles. The van der Waals surface area contributed by atoms with Gasteiger partial charge in [0.05, 0.1) is 17.6 Å². The summed E-state index contributed by atoms with van der Waals surface area (Å²) in [5, 5.41) is 18.8. The zero-order valence-corrected chi connectivity index (χ0v) is 11.2. The Morgan fingerprint density at radius 1 is 1.26 bits per heavy atom. The van der Waals surface area contributed by atoms with Crippen molar-refractivity contribution in [2.75, 3.05) is 6.61 Å². The molecule has 0 spiro atoms. The van der Waals surface area contributed by atoms with Crippen molar-refractivity contribution in [3.05, 3.63) is 29.8 Å². The molecule has 1 aromatic rings. The highest BCUT2D eigenvalue weighted by molar-refractivity contribution is 7.86. The van der Waals surface area contributed by atoms with Gasteiger partial charge in [0.15, 0.2) is 6.29 Å². The van der Waals surface area contributed by atoms with Crippen LogP contribution >= 0.6 is 0 Å². The van der Waals surface area contributed by atoms with Gasteiger partial charge in [0.2, 0.25) is 0 Å². The second-order valence-electron chi connectivity index (χ2n) is 4.49. The lowest BCUT2D eigenvalue weighted by molar-refractivity contribution is -0.187. The molecule has 1 saturated heterocycles. The van der Waals surface area contributed by atoms with E-state index in [1.807, 2.05) is 6.92 Å². The molecule has 7 heteroatoms. The Labute approximate surface area is 111 Å². The number of rotatable bonds is 3. The van der Waals surface area contributed by atoms with Gasteiger partial charge >= 0.3 is 0 Å². The lowest BCUT2D eigenvalue weighted by Crippen LogP contribution is -2.43. The van der Waals surface area contributed by atoms with Crippen LogP contribution in [0.5, 0.6) is 0 Å². The van der Waals surface area contributed by atoms with E-state index in [1.54, 1.807) is 12.1 Å². The third kappa shape index (κ3) is 3.52. The second-order valence-corrected chi connectivity index (χ2v) is 6.06. The largest absolute Gasteiger partial charge is 0.390 e. The summed E-state index contributed by atoms with van der Waals surface area (Å²) in [6.45, 7) is 1.67. The van der Waals surface area contributed by atoms with Crippen molar-refractivity contribution in [2.24, 2.45) is 0 Å². The molecule has 0 bridgehead atoms. The maximum Gasteiger partial charge on any atom is 0.297 e. The molecule has 106 valence electrons. The molecule has 0 radical (unpaired) electrons. The average molecular weight is 288 g/mol. The summed E-state index contributed by atoms with van der Waals surface area (Å²) in [4.78, 5) is 0.0245. The molecule has 0 unspecified atom stereocenters. The van der Waals surface area contributed by atoms with Gasteiger partial charge in [-0.3, -0.25) is 4.18 Å². The number of aliphatic hydroxyl groups is 2. The third-order valence-electron chi connectivity index (χ3n) is 2.89. The Hall–Kier alpha value is -0.990. The van der Waals surface area contributed by atoms with E-state index >= 15 is 0 Å². The van der Waals surface area contributed by atoms with Crippen LogP contribution in [0.15, 0.2) is 29.2 Å². The third-order valence-corrected chi connectivity index (χ3v) is 4.24. The van der Waals surface area contributed by atoms with E-state index in [1.165, 1.54) is 12.1 Å². The molecule has 0 aliphatic carbocycles. The predicted octanol–water partition coefficient (Wildman–Crippen LogP) is 0.169. The molecule has 1 heterocycles. The van der Waals surface area contributed by atoms with E-state index in [0.717, 1.165) is 5.56 Å². The smallest absolute Gasteiger partial charge is 0.297 e. The summed E-state index contributed by atoms with van der Waals surface area (Å²) in [7, 11) is -3.95. The SMILES string of the molecule is Cc1ccc(S(=O)(=O)O[C@@H]2CO[C@@H](O)C[C@@H]2O)cc1. The zero-order chi connectivity index (χ0) is 14.0. The van der Waals surface area contributed by atoms with Gasteiger partial charge in [-0.05, 0) is 19.1 Å². The Morgan fingerprint density at radius 2 is 1.89 bits per heavy atom. The first-order chi connectivity index (χ1) is 8.88. The van der Waals surface area contributed by atoms with E-state index in [2.05, 4.69) is 0 Å². The number of hydrogen-bond acceptors (Lipinski definition) is 6. The van der Waals surface area contributed by atoms with E-state index in [0.29, 0.717) is 0 Å². The molecule has 1 aliphatic heterocycles. The van der Waals surface area contributed by atoms with Crippen LogP contribution in [0.2, 0.25) is 0 Å². The number of hydrogen-bond donors (Lipinski definition) is 2. The van der Waals surface area contributed by atoms with Crippen LogP contribution in [0, 0.1) is 6.92 Å². The molecule has 0 saturated carbocycles. The molecule has 1 aromatic carbocycles. The molecule has 1 fully saturated rings. The van der Waals surface area contributed by atoms with Crippen LogP contribution in [0.4, 0.5) is 0 Å². The monoisotopic (exact) mass is 288 g/mol. The van der Waals surface area contributed by atoms with Gasteiger partial charge in [0.1, 0.15) is 6.10 Å². The molecular formula is C12H16O6S. The maximum absolute atomic E-state index is 12.0. The molecule has 1 aliphatic rings. The van der Waals surface area contributed by atoms with Gasteiger partial charge in [0, 0.05) is 6.42 Å². The van der Waals surface area contributed by atoms with Crippen LogP contribution in [-0.4, -0.2) is 43.7 Å². The van der Waals surface area contributed by atoms with E-state index in [9.17, 15) is 13.5 Å². The summed E-state index contributed by atoms with van der Waals surface area (Å²) >= 11 is 0. The highest BCUT2D eigenvalue weighted by Gasteiger charge is 2.33. The standard InChI is InChI=1S/C12H16O6S/c1-8-2-4-9(5-3-8)19(15,16)18-11-7-17-12(14)6-10(11)13/h2-5,10-14H,6-7H2,1H3/t10-,11+,12+/m0/s1. The Balaban J connectivity index is 2.11. The summed E-state index contributed by atoms with van der Waals surface area (Å²) in [6, 6.07) is 6.20. The molecular weight excluding hydrogens is 272 g/mol. The minimum absolute atomic E-state index is 0.0245. The van der Waals surface area contributed by atoms with E-state index < -0.39 is 28.6 Å². The van der Waals surface area contributed by atoms with Gasteiger partial charge < -0.3 is 14.9 Å². The van der Waals surface area contributed by atoms with Gasteiger partial charge in [-0.1, -0.05) is 17.7 Å². The maximum atomic E-state index is 12.0. The molecule has 3 atom stereocenters. The lowest BCUT2D eigenvalue weighted by Gasteiger charge is -2.30. The normalized spacial score (nSPS) is 28.3. The summed E-state index contributed by atoms with van der Waals surface area (Å²) in [5.74, 6) is 0. The quantitative estimate of drug-likeness (QED) is 0.770. The fourth-order valence-corrected chi connectivity index (χ4v) is 2.85. The van der Waals surface area contributed by atoms with Crippen LogP contribution in [0.25, 0.3) is 0 Å². The van der Waals surface area contributed by atoms with Crippen LogP contribution < -0.4 is 0 Å². The first kappa shape index (κ1) is 14.4. The van der Waals surface area contributed by atoms with Crippen molar-refractivity contribution < 1.29 is 27.6 Å². The van der Waals surface area contributed by atoms with Gasteiger partial charge in [-0.25, -0.2) is 0 Å². The van der Waals surface area contributed by atoms with Crippen LogP contribution in [-0.2, 0) is 19.0 Å². The van der Waals surface area contributed by atoms with Crippen molar-refractivity contribution in [1.82, 2.24) is 0 Å². The summed E-state index contributed by atoms with van der Waals surface area (Å²) in [5.41, 5.74) is 0.933. The van der Waals surface area contributed by atoms with Crippen molar-refractivity contribution in [2.45, 2.75) is 36.7 Å². The topological polar surface area (TPSA) is 93.1 Å². The minimum atomic E-state index is -3.95. The fraction of sp³-hybridized carbons (Fsp3) is 0.500. The number of ether oxygens (including phenoxy) is 1. The Kier molecular flexibility index (Phi) is 4.22. The number of benzene rings is 1. The molecule has 2 N–H and O–H groups in total. The molecule has 6 nitrogen and oxygen atoms in total. The Bertz CT molecular complexity index is 524. The summed E-state index contributed by atoms with van der Waals surface area (Å²) in [6.07, 6.45) is -3.25. The highest BCUT2D eigenvalue weighted by Crippen LogP contribution is 2.21. The predicted molar refractivity (Wildman–Crippen MR) is 65.8 cm³/mol. The van der Waals surface area contributed by atoms with E-state index in [4.69, 9.17) is 14.0 Å². The summed E-state index contributed by atoms with van der Waals surface area (Å²) < 4.78 is 33.8. The highest BCUT2D eigenvalue weighted by atomic mass is 32.2. The average Bonchev–Trinajstić information content (AvgIpc) is 2.33. The van der Waals surface area contributed by atoms with Gasteiger partial charge in [-0.15, -0.1) is 0 Å². The first-order valence-corrected chi connectivity index (χ1v) is 7.27. The van der Waals surface area contributed by atoms with Crippen LogP contribution in [0.1, 0.15) is 12.0 Å². The van der Waals surface area contributed by atoms with Crippen molar-refractivity contribution in [1.29, 1.82) is 0 Å². The zero-order valence-electron chi connectivity index (χ0n) is 10.4. The number of aliphatic hydroxyl groups excluding tert-OH is 2. The first-order valence-electron chi connectivity index (χ1n) is 5.86. The van der Waals surface area contributed by atoms with Crippen molar-refractivity contribution in [3.8, 4) is 0 Å². The van der Waals surface area contributed by atoms with Gasteiger partial charge in [-0.2, -0.15) is 8.42 Å². The Morgan fingerprint density at radius 3 is 2.47 bits per heavy atom. The molecule has 19 heavy (non-hydrogen) atoms. The minimum Gasteiger partial charge on any atom is -0.390 e.